The summed E-state index contributed by atoms with van der Waals surface area (Å²) in [7, 11) is 1.58. The summed E-state index contributed by atoms with van der Waals surface area (Å²) in [6.07, 6.45) is 0. The number of amides is 1. The van der Waals surface area contributed by atoms with Crippen LogP contribution in [0.1, 0.15) is 10.4 Å². The van der Waals surface area contributed by atoms with Crippen molar-refractivity contribution in [2.75, 3.05) is 12.4 Å². The van der Waals surface area contributed by atoms with Gasteiger partial charge in [0.1, 0.15) is 5.75 Å². The van der Waals surface area contributed by atoms with E-state index in [9.17, 15) is 4.79 Å². The van der Waals surface area contributed by atoms with Crippen molar-refractivity contribution in [3.63, 3.8) is 0 Å². The van der Waals surface area contributed by atoms with Crippen molar-refractivity contribution in [3.05, 3.63) is 57.5 Å². The van der Waals surface area contributed by atoms with Crippen molar-refractivity contribution >= 4 is 39.1 Å². The summed E-state index contributed by atoms with van der Waals surface area (Å²) in [6, 6.07) is 12.1. The number of carbonyl (C=O) groups is 1. The zero-order valence-electron chi connectivity index (χ0n) is 10.1. The molecule has 0 saturated carbocycles. The van der Waals surface area contributed by atoms with Gasteiger partial charge in [0.05, 0.1) is 12.1 Å². The quantitative estimate of drug-likeness (QED) is 0.901. The van der Waals surface area contributed by atoms with E-state index in [1.807, 2.05) is 0 Å². The number of hydrogen-bond donors (Lipinski definition) is 1. The first kappa shape index (κ1) is 13.9. The van der Waals surface area contributed by atoms with Gasteiger partial charge in [-0.3, -0.25) is 4.79 Å². The summed E-state index contributed by atoms with van der Waals surface area (Å²) in [4.78, 5) is 12.0. The van der Waals surface area contributed by atoms with Gasteiger partial charge in [0.15, 0.2) is 0 Å². The summed E-state index contributed by atoms with van der Waals surface area (Å²) in [6.45, 7) is 0. The maximum absolute atomic E-state index is 12.0. The maximum atomic E-state index is 12.0. The first-order valence-corrected chi connectivity index (χ1v) is 6.67. The van der Waals surface area contributed by atoms with E-state index in [1.54, 1.807) is 49.6 Å². The Morgan fingerprint density at radius 3 is 2.47 bits per heavy atom. The number of anilines is 1. The summed E-state index contributed by atoms with van der Waals surface area (Å²) >= 11 is 9.27. The number of hydrogen-bond acceptors (Lipinski definition) is 2. The van der Waals surface area contributed by atoms with Crippen LogP contribution in [-0.2, 0) is 0 Å². The predicted octanol–water partition coefficient (Wildman–Crippen LogP) is 4.36. The number of ether oxygens (including phenoxy) is 1. The van der Waals surface area contributed by atoms with Crippen molar-refractivity contribution in [1.82, 2.24) is 0 Å². The van der Waals surface area contributed by atoms with Gasteiger partial charge in [-0.2, -0.15) is 0 Å². The molecule has 2 aromatic rings. The van der Waals surface area contributed by atoms with Crippen LogP contribution in [0, 0.1) is 0 Å². The Morgan fingerprint density at radius 2 is 1.89 bits per heavy atom. The maximum Gasteiger partial charge on any atom is 0.255 e. The van der Waals surface area contributed by atoms with Crippen LogP contribution in [0.4, 0.5) is 5.69 Å². The highest BCUT2D eigenvalue weighted by Crippen LogP contribution is 2.25. The first-order chi connectivity index (χ1) is 9.10. The number of rotatable bonds is 3. The van der Waals surface area contributed by atoms with Crippen molar-refractivity contribution in [2.24, 2.45) is 0 Å². The minimum atomic E-state index is -0.193. The highest BCUT2D eigenvalue weighted by Gasteiger charge is 2.07. The lowest BCUT2D eigenvalue weighted by Crippen LogP contribution is -2.11. The second-order valence-corrected chi connectivity index (χ2v) is 5.07. The fourth-order valence-electron chi connectivity index (χ4n) is 1.52. The van der Waals surface area contributed by atoms with Gasteiger partial charge in [-0.15, -0.1) is 0 Å². The highest BCUT2D eigenvalue weighted by atomic mass is 79.9. The zero-order valence-corrected chi connectivity index (χ0v) is 12.5. The SMILES string of the molecule is COc1ccc(C(=O)Nc2ccc(Br)c(Cl)c2)cc1. The third-order valence-corrected chi connectivity index (χ3v) is 3.76. The van der Waals surface area contributed by atoms with Crippen molar-refractivity contribution in [2.45, 2.75) is 0 Å². The van der Waals surface area contributed by atoms with E-state index in [1.165, 1.54) is 0 Å². The summed E-state index contributed by atoms with van der Waals surface area (Å²) < 4.78 is 5.83. The van der Waals surface area contributed by atoms with Crippen LogP contribution in [-0.4, -0.2) is 13.0 Å². The van der Waals surface area contributed by atoms with Gasteiger partial charge in [-0.1, -0.05) is 11.6 Å². The molecule has 0 saturated heterocycles. The van der Waals surface area contributed by atoms with Gasteiger partial charge < -0.3 is 10.1 Å². The Balaban J connectivity index is 2.13. The van der Waals surface area contributed by atoms with Crippen molar-refractivity contribution in [1.29, 1.82) is 0 Å². The molecule has 5 heteroatoms. The molecule has 19 heavy (non-hydrogen) atoms. The van der Waals surface area contributed by atoms with Gasteiger partial charge in [-0.25, -0.2) is 0 Å². The number of carbonyl (C=O) groups excluding carboxylic acids is 1. The van der Waals surface area contributed by atoms with E-state index in [0.717, 1.165) is 4.47 Å². The number of halogens is 2. The number of methoxy groups -OCH3 is 1. The van der Waals surface area contributed by atoms with E-state index < -0.39 is 0 Å². The predicted molar refractivity (Wildman–Crippen MR) is 80.1 cm³/mol. The fraction of sp³-hybridized carbons (Fsp3) is 0.0714. The highest BCUT2D eigenvalue weighted by molar-refractivity contribution is 9.10. The van der Waals surface area contributed by atoms with Crippen LogP contribution in [0.5, 0.6) is 5.75 Å². The lowest BCUT2D eigenvalue weighted by atomic mass is 10.2. The van der Waals surface area contributed by atoms with Gasteiger partial charge in [0, 0.05) is 15.7 Å². The molecule has 0 fully saturated rings. The molecule has 1 amide bonds. The van der Waals surface area contributed by atoms with E-state index in [-0.39, 0.29) is 5.91 Å². The van der Waals surface area contributed by atoms with E-state index in [4.69, 9.17) is 16.3 Å². The molecule has 0 aliphatic rings. The van der Waals surface area contributed by atoms with Gasteiger partial charge in [-0.05, 0) is 58.4 Å². The van der Waals surface area contributed by atoms with Gasteiger partial charge in [0.25, 0.3) is 5.91 Å². The lowest BCUT2D eigenvalue weighted by molar-refractivity contribution is 0.102. The molecule has 98 valence electrons. The van der Waals surface area contributed by atoms with Crippen molar-refractivity contribution in [3.8, 4) is 5.75 Å². The molecule has 0 atom stereocenters. The Morgan fingerprint density at radius 1 is 1.21 bits per heavy atom. The average Bonchev–Trinajstić information content (AvgIpc) is 2.43. The molecule has 0 bridgehead atoms. The molecule has 0 heterocycles. The molecule has 3 nitrogen and oxygen atoms in total. The normalized spacial score (nSPS) is 10.1. The second kappa shape index (κ2) is 6.08. The minimum absolute atomic E-state index is 0.193. The number of benzene rings is 2. The first-order valence-electron chi connectivity index (χ1n) is 5.50. The van der Waals surface area contributed by atoms with E-state index in [2.05, 4.69) is 21.2 Å². The number of nitrogens with one attached hydrogen (secondary N) is 1. The van der Waals surface area contributed by atoms with E-state index >= 15 is 0 Å². The smallest absolute Gasteiger partial charge is 0.255 e. The van der Waals surface area contributed by atoms with Crippen molar-refractivity contribution < 1.29 is 9.53 Å². The van der Waals surface area contributed by atoms with E-state index in [0.29, 0.717) is 22.0 Å². The van der Waals surface area contributed by atoms with Crippen LogP contribution in [0.15, 0.2) is 46.9 Å². The van der Waals surface area contributed by atoms with Crippen LogP contribution in [0.25, 0.3) is 0 Å². The van der Waals surface area contributed by atoms with Crippen LogP contribution in [0.2, 0.25) is 5.02 Å². The molecule has 0 aliphatic carbocycles. The minimum Gasteiger partial charge on any atom is -0.497 e. The van der Waals surface area contributed by atoms with Crippen LogP contribution in [0.3, 0.4) is 0 Å². The molecule has 1 N–H and O–H groups in total. The Hall–Kier alpha value is -1.52. The fourth-order valence-corrected chi connectivity index (χ4v) is 1.95. The topological polar surface area (TPSA) is 38.3 Å². The summed E-state index contributed by atoms with van der Waals surface area (Å²) in [5.41, 5.74) is 1.20. The molecule has 0 aliphatic heterocycles. The molecular weight excluding hydrogens is 330 g/mol. The monoisotopic (exact) mass is 339 g/mol. The lowest BCUT2D eigenvalue weighted by Gasteiger charge is -2.07. The van der Waals surface area contributed by atoms with Gasteiger partial charge >= 0.3 is 0 Å². The molecule has 0 spiro atoms. The Labute approximate surface area is 124 Å². The standard InChI is InChI=1S/C14H11BrClNO2/c1-19-11-5-2-9(3-6-11)14(18)17-10-4-7-12(15)13(16)8-10/h2-8H,1H3,(H,17,18). The largest absolute Gasteiger partial charge is 0.497 e. The molecular formula is C14H11BrClNO2. The molecule has 0 radical (unpaired) electrons. The molecule has 2 aromatic carbocycles. The summed E-state index contributed by atoms with van der Waals surface area (Å²) in [5.74, 6) is 0.518. The molecule has 2 rings (SSSR count). The average molecular weight is 341 g/mol. The Bertz CT molecular complexity index is 599. The third-order valence-electron chi connectivity index (χ3n) is 2.53. The van der Waals surface area contributed by atoms with Crippen LogP contribution < -0.4 is 10.1 Å². The summed E-state index contributed by atoms with van der Waals surface area (Å²) in [5, 5.41) is 3.33. The Kier molecular flexibility index (Phi) is 4.45. The van der Waals surface area contributed by atoms with Gasteiger partial charge in [0.2, 0.25) is 0 Å². The van der Waals surface area contributed by atoms with Crippen LogP contribution >= 0.6 is 27.5 Å². The molecule has 0 unspecified atom stereocenters. The third kappa shape index (κ3) is 3.49. The molecule has 0 aromatic heterocycles. The second-order valence-electron chi connectivity index (χ2n) is 3.81. The zero-order chi connectivity index (χ0) is 13.8.